The Morgan fingerprint density at radius 1 is 1.55 bits per heavy atom. The summed E-state index contributed by atoms with van der Waals surface area (Å²) in [6.07, 6.45) is 1.74. The smallest absolute Gasteiger partial charge is 0.254 e. The fourth-order valence-corrected chi connectivity index (χ4v) is 2.60. The molecule has 1 atom stereocenters. The molecule has 1 aliphatic rings. The molecule has 0 aromatic carbocycles. The summed E-state index contributed by atoms with van der Waals surface area (Å²) in [6.45, 7) is 5.24. The highest BCUT2D eigenvalue weighted by molar-refractivity contribution is 6.29. The van der Waals surface area contributed by atoms with Gasteiger partial charge in [0.05, 0.1) is 12.0 Å². The molecule has 1 unspecified atom stereocenters. The van der Waals surface area contributed by atoms with Gasteiger partial charge in [0.2, 0.25) is 0 Å². The topological polar surface area (TPSA) is 57.0 Å². The van der Waals surface area contributed by atoms with E-state index in [1.54, 1.807) is 17.0 Å². The van der Waals surface area contributed by atoms with Gasteiger partial charge in [0.15, 0.2) is 0 Å². The van der Waals surface area contributed by atoms with Crippen LogP contribution in [0.25, 0.3) is 0 Å². The number of pyridine rings is 1. The van der Waals surface area contributed by atoms with Gasteiger partial charge < -0.3 is 4.90 Å². The molecule has 1 aromatic heterocycles. The number of halogens is 1. The lowest BCUT2D eigenvalue weighted by Crippen LogP contribution is -2.39. The van der Waals surface area contributed by atoms with Crippen LogP contribution in [0.2, 0.25) is 5.15 Å². The van der Waals surface area contributed by atoms with Crippen molar-refractivity contribution in [3.8, 4) is 6.07 Å². The molecule has 1 saturated heterocycles. The van der Waals surface area contributed by atoms with Crippen molar-refractivity contribution in [1.29, 1.82) is 5.26 Å². The third kappa shape index (κ3) is 3.29. The van der Waals surface area contributed by atoms with E-state index < -0.39 is 0 Å². The van der Waals surface area contributed by atoms with Crippen molar-refractivity contribution >= 4 is 17.5 Å². The zero-order valence-corrected chi connectivity index (χ0v) is 12.5. The molecule has 4 nitrogen and oxygen atoms in total. The van der Waals surface area contributed by atoms with Gasteiger partial charge in [0.1, 0.15) is 5.15 Å². The summed E-state index contributed by atoms with van der Waals surface area (Å²) in [4.78, 5) is 18.5. The molecule has 0 bridgehead atoms. The number of carbonyl (C=O) groups excluding carboxylic acids is 1. The maximum atomic E-state index is 12.5. The number of carbonyl (C=O) groups is 1. The van der Waals surface area contributed by atoms with E-state index in [1.165, 1.54) is 0 Å². The highest BCUT2D eigenvalue weighted by Crippen LogP contribution is 2.22. The summed E-state index contributed by atoms with van der Waals surface area (Å²) in [6, 6.07) is 5.65. The lowest BCUT2D eigenvalue weighted by molar-refractivity contribution is 0.0698. The fraction of sp³-hybridized carbons (Fsp3) is 0.533. The Labute approximate surface area is 124 Å². The quantitative estimate of drug-likeness (QED) is 0.786. The van der Waals surface area contributed by atoms with Gasteiger partial charge in [-0.2, -0.15) is 5.26 Å². The summed E-state index contributed by atoms with van der Waals surface area (Å²) < 4.78 is 0. The molecule has 5 heteroatoms. The summed E-state index contributed by atoms with van der Waals surface area (Å²) >= 11 is 6.00. The monoisotopic (exact) mass is 291 g/mol. The van der Waals surface area contributed by atoms with E-state index in [9.17, 15) is 4.79 Å². The van der Waals surface area contributed by atoms with Crippen molar-refractivity contribution in [3.05, 3.63) is 28.5 Å². The average Bonchev–Trinajstić information content (AvgIpc) is 2.45. The predicted molar refractivity (Wildman–Crippen MR) is 77.6 cm³/mol. The zero-order valence-electron chi connectivity index (χ0n) is 11.8. The lowest BCUT2D eigenvalue weighted by Gasteiger charge is -2.29. The van der Waals surface area contributed by atoms with Gasteiger partial charge in [0, 0.05) is 24.3 Å². The van der Waals surface area contributed by atoms with Crippen molar-refractivity contribution < 1.29 is 4.79 Å². The van der Waals surface area contributed by atoms with Crippen LogP contribution in [0, 0.1) is 17.2 Å². The molecule has 0 radical (unpaired) electrons. The van der Waals surface area contributed by atoms with Crippen molar-refractivity contribution in [1.82, 2.24) is 9.88 Å². The van der Waals surface area contributed by atoms with Crippen LogP contribution in [0.4, 0.5) is 0 Å². The molecule has 1 amide bonds. The van der Waals surface area contributed by atoms with Crippen molar-refractivity contribution in [2.24, 2.45) is 5.92 Å². The molecule has 106 valence electrons. The van der Waals surface area contributed by atoms with E-state index in [-0.39, 0.29) is 17.7 Å². The van der Waals surface area contributed by atoms with Crippen molar-refractivity contribution in [3.63, 3.8) is 0 Å². The minimum Gasteiger partial charge on any atom is -0.337 e. The molecule has 2 heterocycles. The largest absolute Gasteiger partial charge is 0.337 e. The van der Waals surface area contributed by atoms with Crippen molar-refractivity contribution in [2.45, 2.75) is 32.6 Å². The van der Waals surface area contributed by atoms with Crippen LogP contribution in [-0.4, -0.2) is 28.9 Å². The average molecular weight is 292 g/mol. The van der Waals surface area contributed by atoms with Gasteiger partial charge in [-0.3, -0.25) is 4.79 Å². The van der Waals surface area contributed by atoms with Gasteiger partial charge in [-0.15, -0.1) is 0 Å². The van der Waals surface area contributed by atoms with Gasteiger partial charge in [-0.1, -0.05) is 25.4 Å². The Morgan fingerprint density at radius 3 is 2.95 bits per heavy atom. The molecule has 2 rings (SSSR count). The molecular weight excluding hydrogens is 274 g/mol. The molecule has 0 spiro atoms. The normalized spacial score (nSPS) is 18.9. The Balaban J connectivity index is 2.22. The van der Waals surface area contributed by atoms with E-state index in [2.05, 4.69) is 11.1 Å². The molecule has 20 heavy (non-hydrogen) atoms. The summed E-state index contributed by atoms with van der Waals surface area (Å²) in [7, 11) is 0. The fourth-order valence-electron chi connectivity index (χ4n) is 2.39. The standard InChI is InChI=1S/C15H18ClN3O/c1-10(2)13-6-12(7-14(16)18-13)15(20)19-5-3-4-11(8-17)9-19/h6-7,10-11H,3-5,9H2,1-2H3. The van der Waals surface area contributed by atoms with Gasteiger partial charge in [-0.25, -0.2) is 4.98 Å². The van der Waals surface area contributed by atoms with Crippen LogP contribution >= 0.6 is 11.6 Å². The Hall–Kier alpha value is -1.60. The molecule has 1 fully saturated rings. The van der Waals surface area contributed by atoms with Gasteiger partial charge in [0.25, 0.3) is 5.91 Å². The van der Waals surface area contributed by atoms with E-state index in [4.69, 9.17) is 16.9 Å². The van der Waals surface area contributed by atoms with Crippen LogP contribution < -0.4 is 0 Å². The Morgan fingerprint density at radius 2 is 2.30 bits per heavy atom. The van der Waals surface area contributed by atoms with E-state index in [0.717, 1.165) is 18.5 Å². The molecule has 0 aliphatic carbocycles. The molecular formula is C15H18ClN3O. The number of aromatic nitrogens is 1. The zero-order chi connectivity index (χ0) is 14.7. The highest BCUT2D eigenvalue weighted by Gasteiger charge is 2.25. The van der Waals surface area contributed by atoms with E-state index >= 15 is 0 Å². The SMILES string of the molecule is CC(C)c1cc(C(=O)N2CCCC(C#N)C2)cc(Cl)n1. The first kappa shape index (κ1) is 14.8. The second kappa shape index (κ2) is 6.23. The van der Waals surface area contributed by atoms with Gasteiger partial charge >= 0.3 is 0 Å². The first-order valence-electron chi connectivity index (χ1n) is 6.87. The Kier molecular flexibility index (Phi) is 4.61. The summed E-state index contributed by atoms with van der Waals surface area (Å²) in [5, 5.41) is 9.34. The predicted octanol–water partition coefficient (Wildman–Crippen LogP) is 3.23. The first-order chi connectivity index (χ1) is 9.51. The number of hydrogen-bond donors (Lipinski definition) is 0. The number of nitrogens with zero attached hydrogens (tertiary/aromatic N) is 3. The lowest BCUT2D eigenvalue weighted by atomic mass is 9.98. The van der Waals surface area contributed by atoms with Crippen LogP contribution in [-0.2, 0) is 0 Å². The minimum atomic E-state index is -0.0606. The number of rotatable bonds is 2. The number of nitriles is 1. The number of amides is 1. The summed E-state index contributed by atoms with van der Waals surface area (Å²) in [5.74, 6) is 0.0965. The summed E-state index contributed by atoms with van der Waals surface area (Å²) in [5.41, 5.74) is 1.38. The van der Waals surface area contributed by atoms with Gasteiger partial charge in [-0.05, 0) is 30.9 Å². The third-order valence-corrected chi connectivity index (χ3v) is 3.74. The molecule has 1 aliphatic heterocycles. The van der Waals surface area contributed by atoms with Crippen LogP contribution in [0.1, 0.15) is 48.7 Å². The van der Waals surface area contributed by atoms with Crippen LogP contribution in [0.3, 0.4) is 0 Å². The second-order valence-corrected chi connectivity index (χ2v) is 5.86. The Bertz CT molecular complexity index is 551. The maximum absolute atomic E-state index is 12.5. The second-order valence-electron chi connectivity index (χ2n) is 5.48. The van der Waals surface area contributed by atoms with Crippen molar-refractivity contribution in [2.75, 3.05) is 13.1 Å². The third-order valence-electron chi connectivity index (χ3n) is 3.54. The van der Waals surface area contributed by atoms with E-state index in [1.807, 2.05) is 13.8 Å². The first-order valence-corrected chi connectivity index (χ1v) is 7.25. The van der Waals surface area contributed by atoms with E-state index in [0.29, 0.717) is 23.8 Å². The molecule has 0 saturated carbocycles. The molecule has 1 aromatic rings. The van der Waals surface area contributed by atoms with Crippen LogP contribution in [0.5, 0.6) is 0 Å². The number of piperidine rings is 1. The minimum absolute atomic E-state index is 0.0591. The number of hydrogen-bond acceptors (Lipinski definition) is 3. The number of likely N-dealkylation sites (tertiary alicyclic amines) is 1. The highest BCUT2D eigenvalue weighted by atomic mass is 35.5. The maximum Gasteiger partial charge on any atom is 0.254 e. The molecule has 0 N–H and O–H groups in total. The van der Waals surface area contributed by atoms with Crippen LogP contribution in [0.15, 0.2) is 12.1 Å².